The molecule has 134 valence electrons. The van der Waals surface area contributed by atoms with Crippen LogP contribution >= 0.6 is 0 Å². The van der Waals surface area contributed by atoms with E-state index in [0.29, 0.717) is 32.7 Å². The van der Waals surface area contributed by atoms with Crippen LogP contribution in [-0.2, 0) is 28.8 Å². The van der Waals surface area contributed by atoms with Gasteiger partial charge in [-0.1, -0.05) is 13.3 Å². The van der Waals surface area contributed by atoms with E-state index in [4.69, 9.17) is 14.2 Å². The first kappa shape index (κ1) is 21.8. The van der Waals surface area contributed by atoms with Crippen molar-refractivity contribution in [3.63, 3.8) is 0 Å². The summed E-state index contributed by atoms with van der Waals surface area (Å²) in [5.41, 5.74) is -0.670. The van der Waals surface area contributed by atoms with Crippen molar-refractivity contribution in [3.8, 4) is 0 Å². The lowest BCUT2D eigenvalue weighted by Gasteiger charge is -2.33. The molecule has 8 heteroatoms. The molecule has 0 aliphatic heterocycles. The maximum absolute atomic E-state index is 10.8. The van der Waals surface area contributed by atoms with E-state index in [-0.39, 0.29) is 19.8 Å². The third-order valence-electron chi connectivity index (χ3n) is 3.21. The van der Waals surface area contributed by atoms with Crippen molar-refractivity contribution in [1.29, 1.82) is 0 Å². The third kappa shape index (κ3) is 11.3. The highest BCUT2D eigenvalue weighted by Crippen LogP contribution is 2.27. The van der Waals surface area contributed by atoms with Gasteiger partial charge in [0.05, 0.1) is 19.8 Å². The van der Waals surface area contributed by atoms with Crippen molar-refractivity contribution >= 4 is 10.4 Å². The molecule has 0 unspecified atom stereocenters. The molecule has 0 bridgehead atoms. The predicted octanol–water partition coefficient (Wildman–Crippen LogP) is 1.73. The minimum atomic E-state index is -4.74. The first-order valence-electron chi connectivity index (χ1n) is 7.64. The van der Waals surface area contributed by atoms with Crippen LogP contribution in [0.1, 0.15) is 39.5 Å². The Morgan fingerprint density at radius 3 is 2.23 bits per heavy atom. The van der Waals surface area contributed by atoms with Crippen LogP contribution < -0.4 is 0 Å². The largest absolute Gasteiger partial charge is 0.726 e. The van der Waals surface area contributed by atoms with Gasteiger partial charge in [0.15, 0.2) is 0 Å². The zero-order chi connectivity index (χ0) is 16.9. The van der Waals surface area contributed by atoms with Gasteiger partial charge in [0, 0.05) is 32.3 Å². The average Bonchev–Trinajstić information content (AvgIpc) is 2.45. The van der Waals surface area contributed by atoms with Crippen molar-refractivity contribution in [2.24, 2.45) is 5.41 Å². The third-order valence-corrected chi connectivity index (χ3v) is 3.62. The Morgan fingerprint density at radius 2 is 1.68 bits per heavy atom. The van der Waals surface area contributed by atoms with Gasteiger partial charge in [-0.2, -0.15) is 0 Å². The lowest BCUT2D eigenvalue weighted by Crippen LogP contribution is -2.38. The summed E-state index contributed by atoms with van der Waals surface area (Å²) in [6.07, 6.45) is 3.22. The number of rotatable bonds is 15. The average molecular weight is 341 g/mol. The lowest BCUT2D eigenvalue weighted by molar-refractivity contribution is -0.0436. The molecule has 0 rings (SSSR count). The van der Waals surface area contributed by atoms with Crippen LogP contribution in [0.15, 0.2) is 0 Å². The van der Waals surface area contributed by atoms with E-state index >= 15 is 0 Å². The molecule has 0 N–H and O–H groups in total. The quantitative estimate of drug-likeness (QED) is 0.254. The fourth-order valence-electron chi connectivity index (χ4n) is 2.07. The van der Waals surface area contributed by atoms with Crippen LogP contribution in [-0.4, -0.2) is 59.7 Å². The van der Waals surface area contributed by atoms with E-state index in [1.165, 1.54) is 7.11 Å². The van der Waals surface area contributed by atoms with Gasteiger partial charge in [0.25, 0.3) is 0 Å². The van der Waals surface area contributed by atoms with Gasteiger partial charge in [0.2, 0.25) is 10.4 Å². The van der Waals surface area contributed by atoms with Crippen molar-refractivity contribution in [3.05, 3.63) is 0 Å². The molecule has 0 saturated heterocycles. The standard InChI is InChI=1S/C14H30O7S/c1-4-6-9-20-12-14(11-18-3,8-7-10-19-5-2)13-21-22(15,16)17/h4-13H2,1-3H3,(H,15,16,17)/p-1/t14-/m1/s1. The molecule has 0 saturated carbocycles. The topological polar surface area (TPSA) is 94.1 Å². The summed E-state index contributed by atoms with van der Waals surface area (Å²) in [5.74, 6) is 0. The number of hydrogen-bond donors (Lipinski definition) is 0. The van der Waals surface area contributed by atoms with E-state index < -0.39 is 15.8 Å². The highest BCUT2D eigenvalue weighted by molar-refractivity contribution is 7.80. The molecule has 1 atom stereocenters. The van der Waals surface area contributed by atoms with Gasteiger partial charge < -0.3 is 18.8 Å². The Bertz CT molecular complexity index is 344. The predicted molar refractivity (Wildman–Crippen MR) is 81.4 cm³/mol. The molecule has 0 amide bonds. The smallest absolute Gasteiger partial charge is 0.217 e. The van der Waals surface area contributed by atoms with E-state index in [0.717, 1.165) is 12.8 Å². The number of hydrogen-bond acceptors (Lipinski definition) is 7. The molecule has 0 aliphatic rings. The van der Waals surface area contributed by atoms with Gasteiger partial charge >= 0.3 is 0 Å². The zero-order valence-corrected chi connectivity index (χ0v) is 14.7. The summed E-state index contributed by atoms with van der Waals surface area (Å²) in [7, 11) is -3.22. The second-order valence-corrected chi connectivity index (χ2v) is 6.36. The van der Waals surface area contributed by atoms with Crippen molar-refractivity contribution < 1.29 is 31.4 Å². The molecule has 0 aliphatic carbocycles. The van der Waals surface area contributed by atoms with Gasteiger partial charge in [-0.05, 0) is 26.2 Å². The SMILES string of the molecule is CCCCOC[C@@](CCCOCC)(COC)COS(=O)(=O)[O-]. The van der Waals surface area contributed by atoms with Crippen LogP contribution in [0.2, 0.25) is 0 Å². The van der Waals surface area contributed by atoms with E-state index in [1.807, 2.05) is 6.92 Å². The van der Waals surface area contributed by atoms with Crippen LogP contribution in [0.5, 0.6) is 0 Å². The molecule has 0 aromatic carbocycles. The van der Waals surface area contributed by atoms with Crippen LogP contribution in [0.4, 0.5) is 0 Å². The van der Waals surface area contributed by atoms with E-state index in [9.17, 15) is 13.0 Å². The van der Waals surface area contributed by atoms with Gasteiger partial charge in [-0.3, -0.25) is 4.18 Å². The molecule has 0 heterocycles. The Labute approximate surface area is 134 Å². The molecular formula is C14H29O7S-. The minimum Gasteiger partial charge on any atom is -0.726 e. The molecular weight excluding hydrogens is 312 g/mol. The fraction of sp³-hybridized carbons (Fsp3) is 1.00. The molecule has 22 heavy (non-hydrogen) atoms. The zero-order valence-electron chi connectivity index (χ0n) is 13.8. The Morgan fingerprint density at radius 1 is 1.00 bits per heavy atom. The summed E-state index contributed by atoms with van der Waals surface area (Å²) in [6.45, 7) is 6.01. The summed E-state index contributed by atoms with van der Waals surface area (Å²) in [6, 6.07) is 0. The number of ether oxygens (including phenoxy) is 3. The molecule has 7 nitrogen and oxygen atoms in total. The fourth-order valence-corrected chi connectivity index (χ4v) is 2.47. The summed E-state index contributed by atoms with van der Waals surface area (Å²) in [4.78, 5) is 0. The molecule has 0 aromatic rings. The van der Waals surface area contributed by atoms with E-state index in [2.05, 4.69) is 11.1 Å². The maximum atomic E-state index is 10.8. The number of unbranched alkanes of at least 4 members (excludes halogenated alkanes) is 1. The van der Waals surface area contributed by atoms with E-state index in [1.54, 1.807) is 0 Å². The van der Waals surface area contributed by atoms with Crippen LogP contribution in [0.3, 0.4) is 0 Å². The minimum absolute atomic E-state index is 0.245. The monoisotopic (exact) mass is 341 g/mol. The summed E-state index contributed by atoms with van der Waals surface area (Å²) in [5, 5.41) is 0. The summed E-state index contributed by atoms with van der Waals surface area (Å²) < 4.78 is 52.8. The van der Waals surface area contributed by atoms with Crippen molar-refractivity contribution in [2.75, 3.05) is 46.8 Å². The van der Waals surface area contributed by atoms with Crippen molar-refractivity contribution in [1.82, 2.24) is 0 Å². The normalized spacial score (nSPS) is 14.9. The van der Waals surface area contributed by atoms with Gasteiger partial charge in [-0.15, -0.1) is 0 Å². The van der Waals surface area contributed by atoms with Crippen LogP contribution in [0.25, 0.3) is 0 Å². The second-order valence-electron chi connectivity index (χ2n) is 5.31. The molecule has 0 fully saturated rings. The van der Waals surface area contributed by atoms with Crippen molar-refractivity contribution in [2.45, 2.75) is 39.5 Å². The Kier molecular flexibility index (Phi) is 12.1. The lowest BCUT2D eigenvalue weighted by atomic mass is 9.86. The highest BCUT2D eigenvalue weighted by Gasteiger charge is 2.32. The summed E-state index contributed by atoms with van der Waals surface area (Å²) >= 11 is 0. The van der Waals surface area contributed by atoms with Crippen LogP contribution in [0, 0.1) is 5.41 Å². The first-order chi connectivity index (χ1) is 10.4. The second kappa shape index (κ2) is 12.2. The highest BCUT2D eigenvalue weighted by atomic mass is 32.3. The molecule has 0 radical (unpaired) electrons. The Balaban J connectivity index is 4.67. The molecule has 0 aromatic heterocycles. The Hall–Kier alpha value is -0.250. The first-order valence-corrected chi connectivity index (χ1v) is 8.97. The number of methoxy groups -OCH3 is 1. The van der Waals surface area contributed by atoms with Gasteiger partial charge in [0.1, 0.15) is 0 Å². The maximum Gasteiger partial charge on any atom is 0.217 e. The molecule has 0 spiro atoms. The van der Waals surface area contributed by atoms with Gasteiger partial charge in [-0.25, -0.2) is 8.42 Å².